The van der Waals surface area contributed by atoms with Gasteiger partial charge in [0, 0.05) is 23.4 Å². The van der Waals surface area contributed by atoms with Crippen LogP contribution in [0.3, 0.4) is 0 Å². The molecule has 0 atom stereocenters. The minimum absolute atomic E-state index is 0.146. The van der Waals surface area contributed by atoms with Gasteiger partial charge < -0.3 is 5.43 Å². The maximum atomic E-state index is 13.2. The van der Waals surface area contributed by atoms with Crippen LogP contribution in [0.1, 0.15) is 25.5 Å². The van der Waals surface area contributed by atoms with E-state index in [0.29, 0.717) is 5.82 Å². The van der Waals surface area contributed by atoms with E-state index in [9.17, 15) is 8.78 Å². The number of anilines is 1. The van der Waals surface area contributed by atoms with Gasteiger partial charge in [-0.05, 0) is 18.1 Å². The monoisotopic (exact) mass is 264 g/mol. The van der Waals surface area contributed by atoms with Crippen molar-refractivity contribution >= 4 is 5.82 Å². The molecule has 0 unspecified atom stereocenters. The number of benzene rings is 1. The van der Waals surface area contributed by atoms with E-state index < -0.39 is 11.6 Å². The number of hydrogen-bond acceptors (Lipinski definition) is 4. The molecule has 0 saturated carbocycles. The van der Waals surface area contributed by atoms with Crippen LogP contribution in [0.15, 0.2) is 24.3 Å². The van der Waals surface area contributed by atoms with E-state index in [4.69, 9.17) is 5.84 Å². The molecular weight excluding hydrogens is 250 g/mol. The van der Waals surface area contributed by atoms with E-state index in [0.717, 1.165) is 11.8 Å². The van der Waals surface area contributed by atoms with Gasteiger partial charge in [-0.15, -0.1) is 0 Å². The fraction of sp³-hybridized carbons (Fsp3) is 0.231. The van der Waals surface area contributed by atoms with Gasteiger partial charge in [-0.2, -0.15) is 0 Å². The van der Waals surface area contributed by atoms with Gasteiger partial charge in [0.25, 0.3) is 0 Å². The number of nitrogens with zero attached hydrogens (tertiary/aromatic N) is 2. The molecular formula is C13H14F2N4. The van der Waals surface area contributed by atoms with Crippen molar-refractivity contribution in [1.82, 2.24) is 9.97 Å². The van der Waals surface area contributed by atoms with Crippen molar-refractivity contribution in [3.8, 4) is 11.4 Å². The summed E-state index contributed by atoms with van der Waals surface area (Å²) in [6.45, 7) is 3.91. The van der Waals surface area contributed by atoms with Crippen molar-refractivity contribution in [3.63, 3.8) is 0 Å². The van der Waals surface area contributed by atoms with E-state index in [1.807, 2.05) is 13.8 Å². The molecule has 2 aromatic rings. The van der Waals surface area contributed by atoms with Crippen LogP contribution in [-0.4, -0.2) is 9.97 Å². The number of hydrogen-bond donors (Lipinski definition) is 2. The molecule has 2 rings (SSSR count). The standard InChI is InChI=1S/C13H14F2N4/c1-7(2)11-6-12(19-16)18-13(17-11)8-3-9(14)5-10(15)4-8/h3-7H,16H2,1-2H3,(H,17,18,19). The van der Waals surface area contributed by atoms with Crippen molar-refractivity contribution in [2.75, 3.05) is 5.43 Å². The van der Waals surface area contributed by atoms with Crippen LogP contribution in [-0.2, 0) is 0 Å². The van der Waals surface area contributed by atoms with Gasteiger partial charge in [0.05, 0.1) is 0 Å². The van der Waals surface area contributed by atoms with Gasteiger partial charge in [-0.25, -0.2) is 24.6 Å². The summed E-state index contributed by atoms with van der Waals surface area (Å²) in [5.74, 6) is 4.78. The first-order valence-corrected chi connectivity index (χ1v) is 5.81. The lowest BCUT2D eigenvalue weighted by atomic mass is 10.1. The Morgan fingerprint density at radius 3 is 2.21 bits per heavy atom. The van der Waals surface area contributed by atoms with Crippen LogP contribution in [0.25, 0.3) is 11.4 Å². The van der Waals surface area contributed by atoms with Crippen LogP contribution in [0.4, 0.5) is 14.6 Å². The van der Waals surface area contributed by atoms with E-state index in [1.54, 1.807) is 6.07 Å². The predicted molar refractivity (Wildman–Crippen MR) is 69.3 cm³/mol. The molecule has 1 aromatic carbocycles. The Bertz CT molecular complexity index is 579. The van der Waals surface area contributed by atoms with Crippen LogP contribution in [0.2, 0.25) is 0 Å². The molecule has 6 heteroatoms. The van der Waals surface area contributed by atoms with Crippen molar-refractivity contribution < 1.29 is 8.78 Å². The maximum Gasteiger partial charge on any atom is 0.162 e. The SMILES string of the molecule is CC(C)c1cc(NN)nc(-c2cc(F)cc(F)c2)n1. The third-order valence-electron chi connectivity index (χ3n) is 2.61. The van der Waals surface area contributed by atoms with Gasteiger partial charge in [0.2, 0.25) is 0 Å². The second-order valence-corrected chi connectivity index (χ2v) is 4.46. The topological polar surface area (TPSA) is 63.8 Å². The van der Waals surface area contributed by atoms with Gasteiger partial charge in [-0.1, -0.05) is 13.8 Å². The number of halogens is 2. The third kappa shape index (κ3) is 3.03. The number of nitrogen functional groups attached to an aromatic ring is 1. The molecule has 100 valence electrons. The van der Waals surface area contributed by atoms with E-state index in [2.05, 4.69) is 15.4 Å². The van der Waals surface area contributed by atoms with Crippen LogP contribution in [0.5, 0.6) is 0 Å². The second-order valence-electron chi connectivity index (χ2n) is 4.46. The number of hydrazine groups is 1. The summed E-state index contributed by atoms with van der Waals surface area (Å²) in [4.78, 5) is 8.40. The zero-order valence-electron chi connectivity index (χ0n) is 10.6. The van der Waals surface area contributed by atoms with Gasteiger partial charge >= 0.3 is 0 Å². The van der Waals surface area contributed by atoms with Crippen LogP contribution in [0, 0.1) is 11.6 Å². The second kappa shape index (κ2) is 5.27. The zero-order chi connectivity index (χ0) is 14.0. The highest BCUT2D eigenvalue weighted by Crippen LogP contribution is 2.23. The molecule has 19 heavy (non-hydrogen) atoms. The molecule has 4 nitrogen and oxygen atoms in total. The summed E-state index contributed by atoms with van der Waals surface area (Å²) >= 11 is 0. The van der Waals surface area contributed by atoms with Gasteiger partial charge in [0.1, 0.15) is 17.5 Å². The van der Waals surface area contributed by atoms with Crippen LogP contribution >= 0.6 is 0 Å². The molecule has 0 amide bonds. The van der Waals surface area contributed by atoms with Crippen molar-refractivity contribution in [3.05, 3.63) is 41.6 Å². The highest BCUT2D eigenvalue weighted by molar-refractivity contribution is 5.57. The summed E-state index contributed by atoms with van der Waals surface area (Å²) in [7, 11) is 0. The Labute approximate surface area is 109 Å². The number of nitrogens with two attached hydrogens (primary N) is 1. The maximum absolute atomic E-state index is 13.2. The Hall–Kier alpha value is -2.08. The molecule has 0 bridgehead atoms. The summed E-state index contributed by atoms with van der Waals surface area (Å²) in [5, 5.41) is 0. The molecule has 1 aromatic heterocycles. The lowest BCUT2D eigenvalue weighted by Crippen LogP contribution is -2.11. The number of nitrogens with one attached hydrogen (secondary N) is 1. The first-order valence-electron chi connectivity index (χ1n) is 5.81. The van der Waals surface area contributed by atoms with Crippen molar-refractivity contribution in [1.29, 1.82) is 0 Å². The summed E-state index contributed by atoms with van der Waals surface area (Å²) in [5.41, 5.74) is 3.44. The van der Waals surface area contributed by atoms with Crippen LogP contribution < -0.4 is 11.3 Å². The first kappa shape index (κ1) is 13.4. The smallest absolute Gasteiger partial charge is 0.162 e. The third-order valence-corrected chi connectivity index (χ3v) is 2.61. The lowest BCUT2D eigenvalue weighted by Gasteiger charge is -2.10. The molecule has 0 fully saturated rings. The quantitative estimate of drug-likeness (QED) is 0.661. The van der Waals surface area contributed by atoms with Gasteiger partial charge in [0.15, 0.2) is 5.82 Å². The molecule has 0 spiro atoms. The van der Waals surface area contributed by atoms with Crippen molar-refractivity contribution in [2.45, 2.75) is 19.8 Å². The lowest BCUT2D eigenvalue weighted by molar-refractivity contribution is 0.584. The van der Waals surface area contributed by atoms with E-state index in [1.165, 1.54) is 12.1 Å². The average Bonchev–Trinajstić information content (AvgIpc) is 2.37. The molecule has 0 aliphatic heterocycles. The molecule has 3 N–H and O–H groups in total. The Morgan fingerprint density at radius 2 is 1.68 bits per heavy atom. The molecule has 1 heterocycles. The minimum Gasteiger partial charge on any atom is -0.308 e. The largest absolute Gasteiger partial charge is 0.308 e. The Morgan fingerprint density at radius 1 is 1.05 bits per heavy atom. The van der Waals surface area contributed by atoms with E-state index in [-0.39, 0.29) is 17.3 Å². The number of aromatic nitrogens is 2. The normalized spacial score (nSPS) is 10.8. The fourth-order valence-electron chi connectivity index (χ4n) is 1.65. The Kier molecular flexibility index (Phi) is 3.71. The summed E-state index contributed by atoms with van der Waals surface area (Å²) in [6.07, 6.45) is 0. The minimum atomic E-state index is -0.671. The fourth-order valence-corrected chi connectivity index (χ4v) is 1.65. The van der Waals surface area contributed by atoms with Crippen molar-refractivity contribution in [2.24, 2.45) is 5.84 Å². The molecule has 0 aliphatic rings. The van der Waals surface area contributed by atoms with E-state index >= 15 is 0 Å². The molecule has 0 saturated heterocycles. The first-order chi connectivity index (χ1) is 8.99. The Balaban J connectivity index is 2.57. The summed E-state index contributed by atoms with van der Waals surface area (Å²) in [6, 6.07) is 4.87. The summed E-state index contributed by atoms with van der Waals surface area (Å²) < 4.78 is 26.4. The zero-order valence-corrected chi connectivity index (χ0v) is 10.6. The number of rotatable bonds is 3. The predicted octanol–water partition coefficient (Wildman–Crippen LogP) is 2.83. The average molecular weight is 264 g/mol. The molecule has 0 aliphatic carbocycles. The highest BCUT2D eigenvalue weighted by Gasteiger charge is 2.11. The molecule has 0 radical (unpaired) electrons. The van der Waals surface area contributed by atoms with Gasteiger partial charge in [-0.3, -0.25) is 0 Å². The highest BCUT2D eigenvalue weighted by atomic mass is 19.1.